The van der Waals surface area contributed by atoms with Crippen LogP contribution in [0.4, 0.5) is 0 Å². The Morgan fingerprint density at radius 2 is 2.11 bits per heavy atom. The van der Waals surface area contributed by atoms with Gasteiger partial charge in [-0.2, -0.15) is 0 Å². The normalized spacial score (nSPS) is 10.1. The second kappa shape index (κ2) is 6.10. The van der Waals surface area contributed by atoms with E-state index in [0.717, 1.165) is 11.3 Å². The van der Waals surface area contributed by atoms with Crippen LogP contribution in [0.25, 0.3) is 0 Å². The topological polar surface area (TPSA) is 76.5 Å². The minimum Gasteiger partial charge on any atom is -0.486 e. The van der Waals surface area contributed by atoms with Crippen molar-refractivity contribution in [3.8, 4) is 5.75 Å². The number of carbonyl (C=O) groups excluding carboxylic acids is 1. The standard InChI is InChI=1S/C13H11NO4S/c15-6-9-1-3-11(4-2-9)18-7-12-14-10(8-19-12)5-13(16)17/h1-4,6,8H,5,7H2,(H,16,17). The van der Waals surface area contributed by atoms with Crippen molar-refractivity contribution in [2.75, 3.05) is 0 Å². The number of aldehydes is 1. The summed E-state index contributed by atoms with van der Waals surface area (Å²) in [6, 6.07) is 6.74. The molecule has 0 bridgehead atoms. The number of aliphatic carboxylic acids is 1. The zero-order valence-electron chi connectivity index (χ0n) is 9.91. The molecule has 0 saturated carbocycles. The maximum atomic E-state index is 10.5. The number of nitrogens with zero attached hydrogens (tertiary/aromatic N) is 1. The number of rotatable bonds is 6. The van der Waals surface area contributed by atoms with E-state index in [4.69, 9.17) is 9.84 Å². The number of ether oxygens (including phenoxy) is 1. The van der Waals surface area contributed by atoms with Gasteiger partial charge in [-0.3, -0.25) is 9.59 Å². The smallest absolute Gasteiger partial charge is 0.309 e. The van der Waals surface area contributed by atoms with Crippen molar-refractivity contribution >= 4 is 23.6 Å². The van der Waals surface area contributed by atoms with E-state index in [1.165, 1.54) is 11.3 Å². The van der Waals surface area contributed by atoms with Crippen molar-refractivity contribution in [1.29, 1.82) is 0 Å². The molecule has 1 N–H and O–H groups in total. The van der Waals surface area contributed by atoms with E-state index in [0.29, 0.717) is 17.0 Å². The van der Waals surface area contributed by atoms with E-state index >= 15 is 0 Å². The highest BCUT2D eigenvalue weighted by Gasteiger charge is 2.06. The number of hydrogen-bond donors (Lipinski definition) is 1. The molecule has 2 rings (SSSR count). The number of carboxylic acids is 1. The molecule has 0 saturated heterocycles. The lowest BCUT2D eigenvalue weighted by Crippen LogP contribution is -2.01. The van der Waals surface area contributed by atoms with Crippen LogP contribution in [0, 0.1) is 0 Å². The molecule has 0 aliphatic carbocycles. The zero-order chi connectivity index (χ0) is 13.7. The van der Waals surface area contributed by atoms with Crippen LogP contribution in [0.3, 0.4) is 0 Å². The summed E-state index contributed by atoms with van der Waals surface area (Å²) in [5, 5.41) is 11.1. The van der Waals surface area contributed by atoms with Crippen molar-refractivity contribution < 1.29 is 19.4 Å². The van der Waals surface area contributed by atoms with Crippen LogP contribution in [-0.4, -0.2) is 22.3 Å². The van der Waals surface area contributed by atoms with Crippen LogP contribution < -0.4 is 4.74 Å². The lowest BCUT2D eigenvalue weighted by atomic mass is 10.2. The van der Waals surface area contributed by atoms with Gasteiger partial charge in [0, 0.05) is 10.9 Å². The van der Waals surface area contributed by atoms with E-state index in [1.54, 1.807) is 29.6 Å². The van der Waals surface area contributed by atoms with E-state index in [2.05, 4.69) is 4.98 Å². The Hall–Kier alpha value is -2.21. The molecule has 0 unspecified atom stereocenters. The maximum absolute atomic E-state index is 10.5. The number of thiazole rings is 1. The molecule has 1 heterocycles. The Morgan fingerprint density at radius 3 is 2.74 bits per heavy atom. The van der Waals surface area contributed by atoms with E-state index in [1.807, 2.05) is 0 Å². The molecule has 0 atom stereocenters. The molecular weight excluding hydrogens is 266 g/mol. The summed E-state index contributed by atoms with van der Waals surface area (Å²) in [5.41, 5.74) is 1.12. The van der Waals surface area contributed by atoms with E-state index < -0.39 is 5.97 Å². The van der Waals surface area contributed by atoms with Gasteiger partial charge in [-0.15, -0.1) is 11.3 Å². The van der Waals surface area contributed by atoms with Crippen molar-refractivity contribution in [1.82, 2.24) is 4.98 Å². The highest BCUT2D eigenvalue weighted by atomic mass is 32.1. The molecule has 6 heteroatoms. The Kier molecular flexibility index (Phi) is 4.25. The molecule has 1 aromatic carbocycles. The fourth-order valence-corrected chi connectivity index (χ4v) is 2.14. The number of hydrogen-bond acceptors (Lipinski definition) is 5. The highest BCUT2D eigenvalue weighted by molar-refractivity contribution is 7.09. The first-order chi connectivity index (χ1) is 9.17. The maximum Gasteiger partial charge on any atom is 0.309 e. The van der Waals surface area contributed by atoms with Gasteiger partial charge in [0.25, 0.3) is 0 Å². The molecule has 5 nitrogen and oxygen atoms in total. The fourth-order valence-electron chi connectivity index (χ4n) is 1.44. The average molecular weight is 277 g/mol. The van der Waals surface area contributed by atoms with Crippen molar-refractivity contribution in [2.45, 2.75) is 13.0 Å². The number of benzene rings is 1. The number of aromatic nitrogens is 1. The first-order valence-corrected chi connectivity index (χ1v) is 6.38. The van der Waals surface area contributed by atoms with Crippen LogP contribution in [0.5, 0.6) is 5.75 Å². The third-order valence-electron chi connectivity index (χ3n) is 2.31. The summed E-state index contributed by atoms with van der Waals surface area (Å²) in [4.78, 5) is 25.2. The van der Waals surface area contributed by atoms with Crippen molar-refractivity contribution in [3.63, 3.8) is 0 Å². The molecule has 0 radical (unpaired) electrons. The lowest BCUT2D eigenvalue weighted by Gasteiger charge is -2.03. The summed E-state index contributed by atoms with van der Waals surface area (Å²) in [5.74, 6) is -0.261. The molecule has 19 heavy (non-hydrogen) atoms. The summed E-state index contributed by atoms with van der Waals surface area (Å²) in [7, 11) is 0. The van der Waals surface area contributed by atoms with Gasteiger partial charge in [-0.05, 0) is 24.3 Å². The Balaban J connectivity index is 1.92. The zero-order valence-corrected chi connectivity index (χ0v) is 10.7. The Labute approximate surface area is 113 Å². The number of carboxylic acid groups (broad SMARTS) is 1. The molecule has 0 fully saturated rings. The largest absolute Gasteiger partial charge is 0.486 e. The summed E-state index contributed by atoms with van der Waals surface area (Å²) < 4.78 is 5.49. The molecule has 1 aromatic heterocycles. The summed E-state index contributed by atoms with van der Waals surface area (Å²) >= 11 is 1.36. The van der Waals surface area contributed by atoms with Gasteiger partial charge in [0.05, 0.1) is 12.1 Å². The number of carbonyl (C=O) groups is 2. The Bertz CT molecular complexity index is 577. The SMILES string of the molecule is O=Cc1ccc(OCc2nc(CC(=O)O)cs2)cc1. The van der Waals surface area contributed by atoms with Gasteiger partial charge < -0.3 is 9.84 Å². The quantitative estimate of drug-likeness (QED) is 0.819. The molecule has 2 aromatic rings. The van der Waals surface area contributed by atoms with Crippen LogP contribution in [0.1, 0.15) is 21.1 Å². The summed E-state index contributed by atoms with van der Waals surface area (Å²) in [6.45, 7) is 0.282. The predicted octanol–water partition coefficient (Wildman–Crippen LogP) is 2.16. The second-order valence-electron chi connectivity index (χ2n) is 3.78. The minimum absolute atomic E-state index is 0.0788. The molecular formula is C13H11NO4S. The third kappa shape index (κ3) is 3.89. The van der Waals surface area contributed by atoms with Gasteiger partial charge in [0.15, 0.2) is 0 Å². The fraction of sp³-hybridized carbons (Fsp3) is 0.154. The van der Waals surface area contributed by atoms with E-state index in [-0.39, 0.29) is 13.0 Å². The van der Waals surface area contributed by atoms with Crippen molar-refractivity contribution in [3.05, 3.63) is 45.9 Å². The lowest BCUT2D eigenvalue weighted by molar-refractivity contribution is -0.136. The van der Waals surface area contributed by atoms with Crippen LogP contribution in [0.15, 0.2) is 29.6 Å². The van der Waals surface area contributed by atoms with Gasteiger partial charge in [0.1, 0.15) is 23.7 Å². The highest BCUT2D eigenvalue weighted by Crippen LogP contribution is 2.16. The average Bonchev–Trinajstić information content (AvgIpc) is 2.84. The van der Waals surface area contributed by atoms with Crippen LogP contribution in [0.2, 0.25) is 0 Å². The predicted molar refractivity (Wildman–Crippen MR) is 69.6 cm³/mol. The Morgan fingerprint density at radius 1 is 1.37 bits per heavy atom. The van der Waals surface area contributed by atoms with Gasteiger partial charge in [0.2, 0.25) is 0 Å². The summed E-state index contributed by atoms with van der Waals surface area (Å²) in [6.07, 6.45) is 0.688. The molecule has 0 aliphatic rings. The van der Waals surface area contributed by atoms with Crippen LogP contribution in [-0.2, 0) is 17.8 Å². The molecule has 0 spiro atoms. The third-order valence-corrected chi connectivity index (χ3v) is 3.18. The molecule has 0 amide bonds. The van der Waals surface area contributed by atoms with Gasteiger partial charge >= 0.3 is 5.97 Å². The van der Waals surface area contributed by atoms with E-state index in [9.17, 15) is 9.59 Å². The second-order valence-corrected chi connectivity index (χ2v) is 4.72. The van der Waals surface area contributed by atoms with Crippen LogP contribution >= 0.6 is 11.3 Å². The molecule has 98 valence electrons. The molecule has 0 aliphatic heterocycles. The monoisotopic (exact) mass is 277 g/mol. The first kappa shape index (κ1) is 13.2. The van der Waals surface area contributed by atoms with Gasteiger partial charge in [-0.25, -0.2) is 4.98 Å². The van der Waals surface area contributed by atoms with Gasteiger partial charge in [-0.1, -0.05) is 0 Å². The first-order valence-electron chi connectivity index (χ1n) is 5.50. The van der Waals surface area contributed by atoms with Crippen molar-refractivity contribution in [2.24, 2.45) is 0 Å². The minimum atomic E-state index is -0.901.